The number of benzene rings is 1. The van der Waals surface area contributed by atoms with Crippen molar-refractivity contribution in [2.24, 2.45) is 0 Å². The smallest absolute Gasteiger partial charge is 0.128 e. The van der Waals surface area contributed by atoms with Crippen molar-refractivity contribution < 1.29 is 9.50 Å². The van der Waals surface area contributed by atoms with Crippen LogP contribution < -0.4 is 5.32 Å². The molecule has 2 atom stereocenters. The molecule has 126 valence electrons. The summed E-state index contributed by atoms with van der Waals surface area (Å²) in [6, 6.07) is 3.02. The second-order valence-electron chi connectivity index (χ2n) is 5.38. The fourth-order valence-corrected chi connectivity index (χ4v) is 2.63. The lowest BCUT2D eigenvalue weighted by atomic mass is 10.0. The fraction of sp³-hybridized carbons (Fsp3) is 0.438. The lowest BCUT2D eigenvalue weighted by Crippen LogP contribution is -2.43. The minimum absolute atomic E-state index is 0. The van der Waals surface area contributed by atoms with Gasteiger partial charge in [-0.25, -0.2) is 9.37 Å². The third-order valence-electron chi connectivity index (χ3n) is 3.91. The Kier molecular flexibility index (Phi) is 7.30. The van der Waals surface area contributed by atoms with Crippen LogP contribution in [0.1, 0.15) is 18.4 Å². The summed E-state index contributed by atoms with van der Waals surface area (Å²) in [4.78, 5) is 4.25. The molecule has 23 heavy (non-hydrogen) atoms. The number of aliphatic hydroxyl groups is 1. The zero-order chi connectivity index (χ0) is 14.8. The van der Waals surface area contributed by atoms with Crippen LogP contribution in [0.25, 0.3) is 11.0 Å². The Hall–Kier alpha value is -1.32. The molecule has 1 aromatic heterocycles. The maximum absolute atomic E-state index is 13.5. The van der Waals surface area contributed by atoms with E-state index < -0.39 is 6.10 Å². The van der Waals surface area contributed by atoms with Crippen molar-refractivity contribution in [3.05, 3.63) is 29.8 Å². The van der Waals surface area contributed by atoms with Gasteiger partial charge in [-0.2, -0.15) is 0 Å². The van der Waals surface area contributed by atoms with Gasteiger partial charge in [0.2, 0.25) is 0 Å². The van der Waals surface area contributed by atoms with E-state index in [-0.39, 0.29) is 36.7 Å². The van der Waals surface area contributed by atoms with Crippen LogP contribution in [0.5, 0.6) is 0 Å². The number of aliphatic hydroxyl groups excluding tert-OH is 1. The standard InChI is InChI=1S/C16H18FN3O.2ClH/c1-11-12(17)6-7-14-16(11)19-10-20(14)9-3-4-13-15(21)5-2-8-18-13;;/h6-7,10,13,15,18,21H,2,5,8-9H2,1H3;2*1H/t13-,15+;;/m1../s1. The molecule has 0 unspecified atom stereocenters. The van der Waals surface area contributed by atoms with Crippen molar-refractivity contribution in [3.63, 3.8) is 0 Å². The first kappa shape index (κ1) is 19.7. The summed E-state index contributed by atoms with van der Waals surface area (Å²) in [5.41, 5.74) is 2.11. The predicted molar refractivity (Wildman–Crippen MR) is 93.7 cm³/mol. The second kappa shape index (κ2) is 8.51. The molecule has 1 saturated heterocycles. The van der Waals surface area contributed by atoms with Gasteiger partial charge in [0.1, 0.15) is 5.82 Å². The number of piperidine rings is 1. The molecule has 0 radical (unpaired) electrons. The topological polar surface area (TPSA) is 50.1 Å². The number of fused-ring (bicyclic) bond motifs is 1. The van der Waals surface area contributed by atoms with Crippen molar-refractivity contribution in [1.82, 2.24) is 14.9 Å². The summed E-state index contributed by atoms with van der Waals surface area (Å²) in [6.07, 6.45) is 3.05. The summed E-state index contributed by atoms with van der Waals surface area (Å²) < 4.78 is 15.4. The van der Waals surface area contributed by atoms with Crippen molar-refractivity contribution in [2.45, 2.75) is 38.5 Å². The molecule has 0 spiro atoms. The molecular weight excluding hydrogens is 340 g/mol. The number of aromatic nitrogens is 2. The van der Waals surface area contributed by atoms with Crippen molar-refractivity contribution >= 4 is 35.8 Å². The third kappa shape index (κ3) is 4.15. The number of aryl methyl sites for hydroxylation is 1. The maximum Gasteiger partial charge on any atom is 0.128 e. The van der Waals surface area contributed by atoms with Crippen LogP contribution in [0.4, 0.5) is 4.39 Å². The molecular formula is C16H20Cl2FN3O. The van der Waals surface area contributed by atoms with E-state index in [1.54, 1.807) is 19.3 Å². The average molecular weight is 360 g/mol. The van der Waals surface area contributed by atoms with Gasteiger partial charge in [0.15, 0.2) is 0 Å². The van der Waals surface area contributed by atoms with Crippen LogP contribution in [0.3, 0.4) is 0 Å². The Labute approximate surface area is 147 Å². The molecule has 3 rings (SSSR count). The molecule has 1 aliphatic heterocycles. The van der Waals surface area contributed by atoms with Gasteiger partial charge < -0.3 is 15.0 Å². The van der Waals surface area contributed by atoms with Crippen molar-refractivity contribution in [1.29, 1.82) is 0 Å². The lowest BCUT2D eigenvalue weighted by molar-refractivity contribution is 0.118. The molecule has 0 amide bonds. The highest BCUT2D eigenvalue weighted by molar-refractivity contribution is 5.85. The predicted octanol–water partition coefficient (Wildman–Crippen LogP) is 2.44. The molecule has 0 bridgehead atoms. The summed E-state index contributed by atoms with van der Waals surface area (Å²) in [5, 5.41) is 13.0. The van der Waals surface area contributed by atoms with Gasteiger partial charge in [-0.1, -0.05) is 11.8 Å². The lowest BCUT2D eigenvalue weighted by Gasteiger charge is -2.24. The van der Waals surface area contributed by atoms with Gasteiger partial charge in [-0.15, -0.1) is 24.8 Å². The third-order valence-corrected chi connectivity index (χ3v) is 3.91. The normalized spacial score (nSPS) is 20.1. The van der Waals surface area contributed by atoms with Crippen LogP contribution in [0.15, 0.2) is 18.5 Å². The summed E-state index contributed by atoms with van der Waals surface area (Å²) >= 11 is 0. The van der Waals surface area contributed by atoms with Crippen LogP contribution in [-0.2, 0) is 6.54 Å². The van der Waals surface area contributed by atoms with E-state index in [1.165, 1.54) is 6.07 Å². The van der Waals surface area contributed by atoms with E-state index >= 15 is 0 Å². The highest BCUT2D eigenvalue weighted by Crippen LogP contribution is 2.19. The van der Waals surface area contributed by atoms with Crippen LogP contribution in [0, 0.1) is 24.6 Å². The monoisotopic (exact) mass is 359 g/mol. The molecule has 2 N–H and O–H groups in total. The largest absolute Gasteiger partial charge is 0.390 e. The number of nitrogens with zero attached hydrogens (tertiary/aromatic N) is 2. The second-order valence-corrected chi connectivity index (χ2v) is 5.38. The van der Waals surface area contributed by atoms with Gasteiger partial charge >= 0.3 is 0 Å². The summed E-state index contributed by atoms with van der Waals surface area (Å²) in [6.45, 7) is 3.10. The molecule has 0 saturated carbocycles. The zero-order valence-electron chi connectivity index (χ0n) is 12.8. The molecule has 1 fully saturated rings. The summed E-state index contributed by atoms with van der Waals surface area (Å²) in [7, 11) is 0. The SMILES string of the molecule is Cc1c(F)ccc2c1ncn2CC#C[C@H]1NCCC[C@@H]1O.Cl.Cl. The molecule has 4 nitrogen and oxygen atoms in total. The number of halogens is 3. The number of imidazole rings is 1. The quantitative estimate of drug-likeness (QED) is 0.769. The minimum atomic E-state index is -0.401. The van der Waals surface area contributed by atoms with Gasteiger partial charge in [-0.3, -0.25) is 0 Å². The van der Waals surface area contributed by atoms with Gasteiger partial charge in [0.05, 0.1) is 36.1 Å². The Morgan fingerprint density at radius 1 is 1.43 bits per heavy atom. The number of rotatable bonds is 1. The Bertz CT molecular complexity index is 723. The molecule has 1 aliphatic rings. The van der Waals surface area contributed by atoms with E-state index in [2.05, 4.69) is 22.1 Å². The molecule has 0 aliphatic carbocycles. The highest BCUT2D eigenvalue weighted by atomic mass is 35.5. The highest BCUT2D eigenvalue weighted by Gasteiger charge is 2.19. The Morgan fingerprint density at radius 2 is 2.22 bits per heavy atom. The first-order chi connectivity index (χ1) is 10.2. The van der Waals surface area contributed by atoms with E-state index in [0.717, 1.165) is 24.9 Å². The summed E-state index contributed by atoms with van der Waals surface area (Å²) in [5.74, 6) is 5.90. The first-order valence-electron chi connectivity index (χ1n) is 7.16. The number of hydrogen-bond acceptors (Lipinski definition) is 3. The van der Waals surface area contributed by atoms with Gasteiger partial charge in [-0.05, 0) is 38.4 Å². The number of hydrogen-bond donors (Lipinski definition) is 2. The van der Waals surface area contributed by atoms with E-state index in [0.29, 0.717) is 17.6 Å². The van der Waals surface area contributed by atoms with E-state index in [4.69, 9.17) is 0 Å². The van der Waals surface area contributed by atoms with E-state index in [1.807, 2.05) is 4.57 Å². The van der Waals surface area contributed by atoms with E-state index in [9.17, 15) is 9.50 Å². The first-order valence-corrected chi connectivity index (χ1v) is 7.16. The van der Waals surface area contributed by atoms with Gasteiger partial charge in [0.25, 0.3) is 0 Å². The molecule has 2 heterocycles. The molecule has 2 aromatic rings. The molecule has 1 aromatic carbocycles. The fourth-order valence-electron chi connectivity index (χ4n) is 2.63. The Morgan fingerprint density at radius 3 is 2.96 bits per heavy atom. The van der Waals surface area contributed by atoms with Crippen LogP contribution in [0.2, 0.25) is 0 Å². The zero-order valence-corrected chi connectivity index (χ0v) is 14.4. The van der Waals surface area contributed by atoms with Crippen LogP contribution >= 0.6 is 24.8 Å². The minimum Gasteiger partial charge on any atom is -0.390 e. The molecule has 7 heteroatoms. The average Bonchev–Trinajstić information content (AvgIpc) is 2.89. The van der Waals surface area contributed by atoms with Crippen LogP contribution in [-0.4, -0.2) is 33.3 Å². The Balaban J connectivity index is 0.00000132. The van der Waals surface area contributed by atoms with Crippen molar-refractivity contribution in [2.75, 3.05) is 6.54 Å². The van der Waals surface area contributed by atoms with Gasteiger partial charge in [0, 0.05) is 5.56 Å². The maximum atomic E-state index is 13.5. The van der Waals surface area contributed by atoms with Crippen molar-refractivity contribution in [3.8, 4) is 11.8 Å². The number of nitrogens with one attached hydrogen (secondary N) is 1.